The van der Waals surface area contributed by atoms with Crippen LogP contribution in [0.15, 0.2) is 54.2 Å². The SMILES string of the molecule is O=C(N[C@@H](c1ccc2c(c1)CCCC2)c1cccs1)c1ncccn1. The molecule has 0 unspecified atom stereocenters. The Morgan fingerprint density at radius 1 is 1.04 bits per heavy atom. The van der Waals surface area contributed by atoms with Crippen LogP contribution in [0.5, 0.6) is 0 Å². The molecule has 1 amide bonds. The summed E-state index contributed by atoms with van der Waals surface area (Å²) in [6.07, 6.45) is 7.95. The third-order valence-electron chi connectivity index (χ3n) is 4.58. The van der Waals surface area contributed by atoms with Crippen LogP contribution in [0.1, 0.15) is 51.1 Å². The topological polar surface area (TPSA) is 54.9 Å². The van der Waals surface area contributed by atoms with Gasteiger partial charge in [0.2, 0.25) is 5.82 Å². The molecule has 4 nitrogen and oxygen atoms in total. The normalized spacial score (nSPS) is 14.6. The molecule has 3 aromatic rings. The van der Waals surface area contributed by atoms with Gasteiger partial charge in [0.05, 0.1) is 6.04 Å². The van der Waals surface area contributed by atoms with Crippen molar-refractivity contribution in [3.63, 3.8) is 0 Å². The van der Waals surface area contributed by atoms with E-state index in [4.69, 9.17) is 0 Å². The van der Waals surface area contributed by atoms with E-state index in [9.17, 15) is 4.79 Å². The van der Waals surface area contributed by atoms with Gasteiger partial charge in [0.25, 0.3) is 5.91 Å². The molecule has 0 saturated heterocycles. The van der Waals surface area contributed by atoms with E-state index in [1.807, 2.05) is 11.4 Å². The molecule has 5 heteroatoms. The number of rotatable bonds is 4. The average Bonchev–Trinajstić information content (AvgIpc) is 3.20. The van der Waals surface area contributed by atoms with Gasteiger partial charge in [-0.1, -0.05) is 24.3 Å². The monoisotopic (exact) mass is 349 g/mol. The molecule has 1 aliphatic carbocycles. The summed E-state index contributed by atoms with van der Waals surface area (Å²) < 4.78 is 0. The molecule has 0 bridgehead atoms. The van der Waals surface area contributed by atoms with Gasteiger partial charge in [0, 0.05) is 17.3 Å². The second-order valence-corrected chi connectivity index (χ2v) is 7.21. The molecule has 0 aliphatic heterocycles. The third kappa shape index (κ3) is 3.46. The van der Waals surface area contributed by atoms with Gasteiger partial charge in [0.15, 0.2) is 0 Å². The second-order valence-electron chi connectivity index (χ2n) is 6.23. The van der Waals surface area contributed by atoms with Gasteiger partial charge in [-0.25, -0.2) is 9.97 Å². The molecular weight excluding hydrogens is 330 g/mol. The number of fused-ring (bicyclic) bond motifs is 1. The van der Waals surface area contributed by atoms with E-state index in [2.05, 4.69) is 39.6 Å². The highest BCUT2D eigenvalue weighted by atomic mass is 32.1. The third-order valence-corrected chi connectivity index (χ3v) is 5.52. The Morgan fingerprint density at radius 3 is 2.60 bits per heavy atom. The quantitative estimate of drug-likeness (QED) is 0.776. The number of nitrogens with one attached hydrogen (secondary N) is 1. The molecular formula is C20H19N3OS. The Hall–Kier alpha value is -2.53. The van der Waals surface area contributed by atoms with Crippen molar-refractivity contribution in [3.8, 4) is 0 Å². The van der Waals surface area contributed by atoms with Crippen LogP contribution in [0.25, 0.3) is 0 Å². The predicted molar refractivity (Wildman–Crippen MR) is 98.7 cm³/mol. The molecule has 0 spiro atoms. The Labute approximate surface area is 151 Å². The summed E-state index contributed by atoms with van der Waals surface area (Å²) in [6.45, 7) is 0. The fourth-order valence-electron chi connectivity index (χ4n) is 3.32. The van der Waals surface area contributed by atoms with Crippen molar-refractivity contribution in [1.29, 1.82) is 0 Å². The highest BCUT2D eigenvalue weighted by Crippen LogP contribution is 2.30. The summed E-state index contributed by atoms with van der Waals surface area (Å²) in [5.41, 5.74) is 3.97. The number of nitrogens with zero attached hydrogens (tertiary/aromatic N) is 2. The molecule has 1 atom stereocenters. The maximum atomic E-state index is 12.6. The lowest BCUT2D eigenvalue weighted by Crippen LogP contribution is -2.30. The maximum absolute atomic E-state index is 12.6. The minimum Gasteiger partial charge on any atom is -0.338 e. The first-order chi connectivity index (χ1) is 12.3. The van der Waals surface area contributed by atoms with Crippen molar-refractivity contribution < 1.29 is 4.79 Å². The van der Waals surface area contributed by atoms with Gasteiger partial charge in [-0.15, -0.1) is 11.3 Å². The molecule has 1 aromatic carbocycles. The van der Waals surface area contributed by atoms with Gasteiger partial charge in [-0.3, -0.25) is 4.79 Å². The number of benzene rings is 1. The van der Waals surface area contributed by atoms with Crippen molar-refractivity contribution in [2.45, 2.75) is 31.7 Å². The van der Waals surface area contributed by atoms with E-state index >= 15 is 0 Å². The fraction of sp³-hybridized carbons (Fsp3) is 0.250. The summed E-state index contributed by atoms with van der Waals surface area (Å²) in [5, 5.41) is 5.14. The summed E-state index contributed by atoms with van der Waals surface area (Å²) in [6, 6.07) is 12.2. The molecule has 4 rings (SSSR count). The summed E-state index contributed by atoms with van der Waals surface area (Å²) in [7, 11) is 0. The molecule has 2 heterocycles. The largest absolute Gasteiger partial charge is 0.338 e. The van der Waals surface area contributed by atoms with Crippen molar-refractivity contribution in [3.05, 3.63) is 81.6 Å². The lowest BCUT2D eigenvalue weighted by molar-refractivity contribution is 0.0933. The van der Waals surface area contributed by atoms with Gasteiger partial charge in [0.1, 0.15) is 0 Å². The van der Waals surface area contributed by atoms with Gasteiger partial charge in [-0.05, 0) is 59.9 Å². The van der Waals surface area contributed by atoms with Crippen LogP contribution >= 0.6 is 11.3 Å². The van der Waals surface area contributed by atoms with E-state index in [1.165, 1.54) is 24.0 Å². The van der Waals surface area contributed by atoms with Crippen LogP contribution in [0.4, 0.5) is 0 Å². The zero-order chi connectivity index (χ0) is 17.1. The number of carbonyl (C=O) groups excluding carboxylic acids is 1. The molecule has 0 fully saturated rings. The van der Waals surface area contributed by atoms with Gasteiger partial charge < -0.3 is 5.32 Å². The van der Waals surface area contributed by atoms with Crippen molar-refractivity contribution in [2.24, 2.45) is 0 Å². The van der Waals surface area contributed by atoms with Gasteiger partial charge in [-0.2, -0.15) is 0 Å². The summed E-state index contributed by atoms with van der Waals surface area (Å²) in [5.74, 6) is -0.0567. The molecule has 2 aromatic heterocycles. The number of hydrogen-bond acceptors (Lipinski definition) is 4. The number of hydrogen-bond donors (Lipinski definition) is 1. The first-order valence-corrected chi connectivity index (χ1v) is 9.42. The van der Waals surface area contributed by atoms with E-state index in [0.29, 0.717) is 0 Å². The molecule has 0 radical (unpaired) electrons. The van der Waals surface area contributed by atoms with Crippen molar-refractivity contribution in [2.75, 3.05) is 0 Å². The van der Waals surface area contributed by atoms with Crippen molar-refractivity contribution in [1.82, 2.24) is 15.3 Å². The lowest BCUT2D eigenvalue weighted by atomic mass is 9.89. The first-order valence-electron chi connectivity index (χ1n) is 8.54. The van der Waals surface area contributed by atoms with Crippen LogP contribution in [-0.4, -0.2) is 15.9 Å². The Morgan fingerprint density at radius 2 is 1.84 bits per heavy atom. The number of aryl methyl sites for hydroxylation is 2. The number of amides is 1. The standard InChI is InChI=1S/C20H19N3OS/c24-20(19-21-10-4-11-22-19)23-18(17-7-3-12-25-17)16-9-8-14-5-1-2-6-15(14)13-16/h3-4,7-13,18H,1-2,5-6H2,(H,23,24)/t18-/m0/s1. The van der Waals surface area contributed by atoms with Crippen LogP contribution in [0.3, 0.4) is 0 Å². The Kier molecular flexibility index (Phi) is 4.57. The van der Waals surface area contributed by atoms with E-state index in [1.54, 1.807) is 29.8 Å². The number of thiophene rings is 1. The molecule has 0 saturated carbocycles. The summed E-state index contributed by atoms with van der Waals surface area (Å²) in [4.78, 5) is 21.8. The van der Waals surface area contributed by atoms with Crippen LogP contribution < -0.4 is 5.32 Å². The molecule has 25 heavy (non-hydrogen) atoms. The van der Waals surface area contributed by atoms with Crippen LogP contribution in [0.2, 0.25) is 0 Å². The zero-order valence-corrected chi connectivity index (χ0v) is 14.6. The highest BCUT2D eigenvalue weighted by Gasteiger charge is 2.21. The minimum atomic E-state index is -0.253. The summed E-state index contributed by atoms with van der Waals surface area (Å²) >= 11 is 1.64. The highest BCUT2D eigenvalue weighted by molar-refractivity contribution is 7.10. The van der Waals surface area contributed by atoms with Crippen LogP contribution in [-0.2, 0) is 12.8 Å². The average molecular weight is 349 g/mol. The van der Waals surface area contributed by atoms with Gasteiger partial charge >= 0.3 is 0 Å². The van der Waals surface area contributed by atoms with Crippen LogP contribution in [0, 0.1) is 0 Å². The second kappa shape index (κ2) is 7.15. The Balaban J connectivity index is 1.66. The maximum Gasteiger partial charge on any atom is 0.289 e. The zero-order valence-electron chi connectivity index (χ0n) is 13.8. The molecule has 1 N–H and O–H groups in total. The Bertz CT molecular complexity index is 862. The van der Waals surface area contributed by atoms with E-state index in [-0.39, 0.29) is 17.8 Å². The van der Waals surface area contributed by atoms with Crippen molar-refractivity contribution >= 4 is 17.2 Å². The smallest absolute Gasteiger partial charge is 0.289 e. The predicted octanol–water partition coefficient (Wildman–Crippen LogP) is 3.94. The van der Waals surface area contributed by atoms with E-state index < -0.39 is 0 Å². The minimum absolute atomic E-state index is 0.177. The lowest BCUT2D eigenvalue weighted by Gasteiger charge is -2.21. The fourth-order valence-corrected chi connectivity index (χ4v) is 4.12. The number of aromatic nitrogens is 2. The van der Waals surface area contributed by atoms with E-state index in [0.717, 1.165) is 23.3 Å². The first kappa shape index (κ1) is 16.0. The molecule has 126 valence electrons. The number of carbonyl (C=O) groups is 1. The molecule has 1 aliphatic rings.